The van der Waals surface area contributed by atoms with Crippen LogP contribution in [0.5, 0.6) is 0 Å². The first-order valence-electron chi connectivity index (χ1n) is 28.8. The third-order valence-electron chi connectivity index (χ3n) is 17.4. The van der Waals surface area contributed by atoms with Crippen molar-refractivity contribution in [3.05, 3.63) is 328 Å². The van der Waals surface area contributed by atoms with Crippen molar-refractivity contribution in [1.82, 2.24) is 0 Å². The fraction of sp³-hybridized carbons (Fsp3) is 0. The molecule has 4 nitrogen and oxygen atoms in total. The summed E-state index contributed by atoms with van der Waals surface area (Å²) < 4.78 is 68.0. The highest BCUT2D eigenvalue weighted by Gasteiger charge is 2.39. The lowest BCUT2D eigenvalue weighted by Gasteiger charge is -2.26. The van der Waals surface area contributed by atoms with Crippen molar-refractivity contribution < 1.29 is 18.3 Å². The molecule has 0 amide bonds. The molecule has 86 heavy (non-hydrogen) atoms. The van der Waals surface area contributed by atoms with Gasteiger partial charge in [-0.2, -0.15) is 0 Å². The molecule has 0 unspecified atom stereocenters. The lowest BCUT2D eigenvalue weighted by molar-refractivity contribution is 0.591. The molecule has 0 spiro atoms. The van der Waals surface area contributed by atoms with Gasteiger partial charge in [-0.3, -0.25) is 0 Å². The molecule has 0 bridgehead atoms. The quantitative estimate of drug-likeness (QED) is 0.114. The van der Waals surface area contributed by atoms with Crippen LogP contribution in [-0.4, -0.2) is 0 Å². The van der Waals surface area contributed by atoms with Gasteiger partial charge in [-0.15, -0.1) is 0 Å². The van der Waals surface area contributed by atoms with Crippen molar-refractivity contribution in [2.45, 2.75) is 0 Å². The van der Waals surface area contributed by atoms with E-state index in [9.17, 15) is 0 Å². The molecule has 0 aliphatic carbocycles. The predicted octanol–water partition coefficient (Wildman–Crippen LogP) is 15.2. The van der Waals surface area contributed by atoms with Crippen molar-refractivity contribution in [3.8, 4) is 0 Å². The van der Waals surface area contributed by atoms with Gasteiger partial charge in [0, 0.05) is 63.7 Å². The lowest BCUT2D eigenvalue weighted by atomic mass is 10.1. The molecular weight excluding hydrogens is 1120 g/mol. The van der Waals surface area contributed by atoms with Crippen LogP contribution in [0, 0.1) is 0 Å². The number of hydrogen-bond acceptors (Lipinski definition) is 4. The smallest absolute Gasteiger partial charge is 0.172 e. The van der Waals surface area contributed by atoms with Crippen LogP contribution in [0.1, 0.15) is 0 Å². The zero-order valence-corrected chi connectivity index (χ0v) is 50.2. The van der Waals surface area contributed by atoms with Crippen molar-refractivity contribution >= 4 is 157 Å². The van der Waals surface area contributed by atoms with Crippen LogP contribution in [-0.2, 0) is 18.3 Å². The SMILES string of the molecule is O=P(c1ccc(P(=O)(c2cccc3ccccc23)c2cccc3ccccc23)cc1)(c1ccc(P(=O)(c2cccc3ccccc23)c2cccc3ccccc23)cc1)c1ccc(P(=O)(c2cccc3ccccc23)c2cccc3ccccc23)cc1. The summed E-state index contributed by atoms with van der Waals surface area (Å²) in [6, 6.07) is 107. The molecule has 0 saturated heterocycles. The van der Waals surface area contributed by atoms with Crippen LogP contribution in [0.2, 0.25) is 0 Å². The molecular formula is C78H54O4P4. The number of fused-ring (bicyclic) bond motifs is 6. The summed E-state index contributed by atoms with van der Waals surface area (Å²) in [5, 5.41) is 18.9. The van der Waals surface area contributed by atoms with Crippen LogP contribution in [0.25, 0.3) is 64.6 Å². The summed E-state index contributed by atoms with van der Waals surface area (Å²) in [6.45, 7) is 0. The maximum Gasteiger partial charge on any atom is 0.172 e. The second kappa shape index (κ2) is 21.4. The fourth-order valence-electron chi connectivity index (χ4n) is 13.2. The Hall–Kier alpha value is -9.22. The van der Waals surface area contributed by atoms with Gasteiger partial charge in [0.05, 0.1) is 0 Å². The minimum Gasteiger partial charge on any atom is -0.309 e. The van der Waals surface area contributed by atoms with E-state index in [1.54, 1.807) is 0 Å². The molecule has 0 fully saturated rings. The van der Waals surface area contributed by atoms with Crippen LogP contribution in [0.15, 0.2) is 328 Å². The third kappa shape index (κ3) is 8.50. The van der Waals surface area contributed by atoms with Crippen LogP contribution >= 0.6 is 28.6 Å². The first-order valence-corrected chi connectivity index (χ1v) is 35.6. The first kappa shape index (κ1) is 53.5. The molecule has 8 heteroatoms. The first-order chi connectivity index (χ1) is 42.2. The molecule has 15 aromatic rings. The molecule has 15 aromatic carbocycles. The summed E-state index contributed by atoms with van der Waals surface area (Å²) in [7, 11) is -15.0. The molecule has 410 valence electrons. The van der Waals surface area contributed by atoms with E-state index in [1.165, 1.54) is 0 Å². The minimum atomic E-state index is -3.93. The molecule has 0 heterocycles. The van der Waals surface area contributed by atoms with E-state index in [4.69, 9.17) is 0 Å². The zero-order valence-electron chi connectivity index (χ0n) is 46.6. The summed E-state index contributed by atoms with van der Waals surface area (Å²) in [4.78, 5) is 0. The van der Waals surface area contributed by atoms with E-state index in [1.807, 2.05) is 328 Å². The second-order valence-electron chi connectivity index (χ2n) is 22.0. The average Bonchev–Trinajstić information content (AvgIpc) is 1.04. The molecule has 15 rings (SSSR count). The van der Waals surface area contributed by atoms with Gasteiger partial charge in [-0.25, -0.2) is 0 Å². The Kier molecular flexibility index (Phi) is 13.3. The average molecular weight is 1180 g/mol. The van der Waals surface area contributed by atoms with Gasteiger partial charge in [0.1, 0.15) is 0 Å². The Morgan fingerprint density at radius 1 is 0.140 bits per heavy atom. The normalized spacial score (nSPS) is 12.4. The summed E-state index contributed by atoms with van der Waals surface area (Å²) >= 11 is 0. The molecule has 0 aliphatic heterocycles. The third-order valence-corrected chi connectivity index (χ3v) is 29.9. The summed E-state index contributed by atoms with van der Waals surface area (Å²) in [5.41, 5.74) is 0. The monoisotopic (exact) mass is 1180 g/mol. The predicted molar refractivity (Wildman–Crippen MR) is 369 cm³/mol. The highest BCUT2D eigenvalue weighted by molar-refractivity contribution is 7.87. The van der Waals surface area contributed by atoms with E-state index in [2.05, 4.69) is 0 Å². The Morgan fingerprint density at radius 3 is 0.453 bits per heavy atom. The largest absolute Gasteiger partial charge is 0.309 e. The molecule has 0 saturated carbocycles. The highest BCUT2D eigenvalue weighted by atomic mass is 31.2. The highest BCUT2D eigenvalue weighted by Crippen LogP contribution is 2.51. The van der Waals surface area contributed by atoms with Crippen molar-refractivity contribution in [1.29, 1.82) is 0 Å². The second-order valence-corrected chi connectivity index (χ2v) is 32.8. The van der Waals surface area contributed by atoms with Crippen molar-refractivity contribution in [2.24, 2.45) is 0 Å². The number of rotatable bonds is 12. The van der Waals surface area contributed by atoms with Crippen LogP contribution < -0.4 is 63.7 Å². The maximum absolute atomic E-state index is 17.4. The Bertz CT molecular complexity index is 4570. The fourth-order valence-corrected chi connectivity index (χ4v) is 25.0. The van der Waals surface area contributed by atoms with Crippen molar-refractivity contribution in [2.75, 3.05) is 0 Å². The van der Waals surface area contributed by atoms with Gasteiger partial charge in [0.25, 0.3) is 0 Å². The molecule has 0 atom stereocenters. The van der Waals surface area contributed by atoms with E-state index in [0.29, 0.717) is 31.8 Å². The van der Waals surface area contributed by atoms with E-state index >= 15 is 18.3 Å². The molecule has 0 radical (unpaired) electrons. The molecule has 0 aromatic heterocycles. The van der Waals surface area contributed by atoms with E-state index in [-0.39, 0.29) is 0 Å². The summed E-state index contributed by atoms with van der Waals surface area (Å²) in [5.74, 6) is 0. The van der Waals surface area contributed by atoms with Crippen LogP contribution in [0.4, 0.5) is 0 Å². The maximum atomic E-state index is 17.4. The summed E-state index contributed by atoms with van der Waals surface area (Å²) in [6.07, 6.45) is 0. The van der Waals surface area contributed by atoms with Gasteiger partial charge in [-0.1, -0.05) is 328 Å². The Labute approximate surface area is 499 Å². The molecule has 0 aliphatic rings. The number of benzene rings is 15. The molecule has 0 N–H and O–H groups in total. The number of hydrogen-bond donors (Lipinski definition) is 0. The minimum absolute atomic E-state index is 0.515. The van der Waals surface area contributed by atoms with E-state index in [0.717, 1.165) is 96.5 Å². The topological polar surface area (TPSA) is 68.3 Å². The van der Waals surface area contributed by atoms with Crippen molar-refractivity contribution in [3.63, 3.8) is 0 Å². The van der Waals surface area contributed by atoms with Gasteiger partial charge < -0.3 is 18.3 Å². The lowest BCUT2D eigenvalue weighted by Crippen LogP contribution is -2.31. The van der Waals surface area contributed by atoms with Gasteiger partial charge in [-0.05, 0) is 64.6 Å². The van der Waals surface area contributed by atoms with Crippen LogP contribution in [0.3, 0.4) is 0 Å². The van der Waals surface area contributed by atoms with Gasteiger partial charge in [0.2, 0.25) is 0 Å². The zero-order chi connectivity index (χ0) is 58.0. The van der Waals surface area contributed by atoms with Gasteiger partial charge >= 0.3 is 0 Å². The standard InChI is InChI=1S/C78H54O4P4/c79-83(61-43-49-64(50-44-61)84(80,73-37-13-25-55-19-1-7-31-67(55)73)74-38-14-26-56-20-2-8-32-68(56)74,62-45-51-65(52-46-62)85(81,75-39-15-27-57-21-3-9-33-69(57)75)76-40-16-28-58-22-4-10-34-70(58)76)63-47-53-66(54-48-63)86(82,77-41-17-29-59-23-5-11-35-71(59)77)78-42-18-30-60-24-6-12-36-72(60)78/h1-54H. The van der Waals surface area contributed by atoms with Gasteiger partial charge in [0.15, 0.2) is 28.6 Å². The Balaban J connectivity index is 0.944. The Morgan fingerprint density at radius 2 is 0.279 bits per heavy atom. The van der Waals surface area contributed by atoms with E-state index < -0.39 is 28.6 Å².